The molecule has 1 aliphatic heterocycles. The lowest BCUT2D eigenvalue weighted by Gasteiger charge is -2.23. The summed E-state index contributed by atoms with van der Waals surface area (Å²) < 4.78 is 1.71. The standard InChI is InChI=1S/C13H22N4O/c1-2-8-17-9-7-15-12(13(17)18)16-10-11-5-3-4-6-14-11/h7,9,11,14H,2-6,8,10H2,1H3,(H,15,16). The average Bonchev–Trinajstić information content (AvgIpc) is 2.41. The Morgan fingerprint density at radius 3 is 3.17 bits per heavy atom. The topological polar surface area (TPSA) is 59.0 Å². The highest BCUT2D eigenvalue weighted by Crippen LogP contribution is 2.07. The van der Waals surface area contributed by atoms with Gasteiger partial charge in [0.1, 0.15) is 0 Å². The molecule has 2 N–H and O–H groups in total. The Kier molecular flexibility index (Phi) is 4.75. The number of rotatable bonds is 5. The second kappa shape index (κ2) is 6.54. The van der Waals surface area contributed by atoms with Crippen molar-refractivity contribution in [3.63, 3.8) is 0 Å². The van der Waals surface area contributed by atoms with Crippen molar-refractivity contribution in [3.8, 4) is 0 Å². The van der Waals surface area contributed by atoms with Gasteiger partial charge in [-0.1, -0.05) is 13.3 Å². The van der Waals surface area contributed by atoms with E-state index < -0.39 is 0 Å². The van der Waals surface area contributed by atoms with Gasteiger partial charge < -0.3 is 15.2 Å². The molecule has 1 aromatic rings. The Morgan fingerprint density at radius 2 is 2.44 bits per heavy atom. The van der Waals surface area contributed by atoms with E-state index in [0.29, 0.717) is 11.9 Å². The second-order valence-electron chi connectivity index (χ2n) is 4.80. The largest absolute Gasteiger partial charge is 0.364 e. The average molecular weight is 250 g/mol. The van der Waals surface area contributed by atoms with Crippen molar-refractivity contribution in [2.75, 3.05) is 18.4 Å². The fraction of sp³-hybridized carbons (Fsp3) is 0.692. The molecule has 0 amide bonds. The molecule has 1 aromatic heterocycles. The molecule has 18 heavy (non-hydrogen) atoms. The molecule has 100 valence electrons. The molecule has 0 aliphatic carbocycles. The molecular weight excluding hydrogens is 228 g/mol. The minimum absolute atomic E-state index is 0.0184. The van der Waals surface area contributed by atoms with Crippen LogP contribution in [0, 0.1) is 0 Å². The SMILES string of the molecule is CCCn1ccnc(NCC2CCCCN2)c1=O. The summed E-state index contributed by atoms with van der Waals surface area (Å²) in [5.74, 6) is 0.471. The van der Waals surface area contributed by atoms with E-state index in [-0.39, 0.29) is 5.56 Å². The second-order valence-corrected chi connectivity index (χ2v) is 4.80. The van der Waals surface area contributed by atoms with Gasteiger partial charge in [0.05, 0.1) is 0 Å². The Bertz CT molecular complexity index is 423. The van der Waals surface area contributed by atoms with Crippen molar-refractivity contribution in [1.29, 1.82) is 0 Å². The highest BCUT2D eigenvalue weighted by atomic mass is 16.1. The molecule has 0 spiro atoms. The van der Waals surface area contributed by atoms with Gasteiger partial charge in [-0.25, -0.2) is 4.98 Å². The zero-order valence-electron chi connectivity index (χ0n) is 11.0. The molecule has 5 heteroatoms. The first-order valence-corrected chi connectivity index (χ1v) is 6.84. The summed E-state index contributed by atoms with van der Waals surface area (Å²) in [6.07, 6.45) is 8.07. The molecule has 1 fully saturated rings. The van der Waals surface area contributed by atoms with Gasteiger partial charge >= 0.3 is 0 Å². The van der Waals surface area contributed by atoms with E-state index in [2.05, 4.69) is 22.5 Å². The lowest BCUT2D eigenvalue weighted by atomic mass is 10.1. The van der Waals surface area contributed by atoms with E-state index >= 15 is 0 Å². The molecule has 0 aromatic carbocycles. The van der Waals surface area contributed by atoms with Crippen molar-refractivity contribution in [3.05, 3.63) is 22.7 Å². The number of hydrogen-bond donors (Lipinski definition) is 2. The fourth-order valence-electron chi connectivity index (χ4n) is 2.30. The highest BCUT2D eigenvalue weighted by Gasteiger charge is 2.13. The van der Waals surface area contributed by atoms with Crippen LogP contribution in [0.5, 0.6) is 0 Å². The molecule has 0 saturated carbocycles. The molecule has 2 heterocycles. The van der Waals surface area contributed by atoms with Crippen molar-refractivity contribution in [2.24, 2.45) is 0 Å². The van der Waals surface area contributed by atoms with Gasteiger partial charge in [-0.3, -0.25) is 4.79 Å². The van der Waals surface area contributed by atoms with Gasteiger partial charge in [0.15, 0.2) is 5.82 Å². The van der Waals surface area contributed by atoms with E-state index in [0.717, 1.165) is 26.1 Å². The maximum atomic E-state index is 12.0. The zero-order valence-corrected chi connectivity index (χ0v) is 11.0. The van der Waals surface area contributed by atoms with Crippen LogP contribution in [-0.2, 0) is 6.54 Å². The molecule has 0 bridgehead atoms. The summed E-state index contributed by atoms with van der Waals surface area (Å²) in [4.78, 5) is 16.2. The molecule has 0 radical (unpaired) electrons. The van der Waals surface area contributed by atoms with Crippen LogP contribution in [0.15, 0.2) is 17.2 Å². The third-order valence-electron chi connectivity index (χ3n) is 3.31. The summed E-state index contributed by atoms with van der Waals surface area (Å²) >= 11 is 0. The smallest absolute Gasteiger partial charge is 0.293 e. The van der Waals surface area contributed by atoms with Crippen molar-refractivity contribution in [1.82, 2.24) is 14.9 Å². The third-order valence-corrected chi connectivity index (χ3v) is 3.31. The van der Waals surface area contributed by atoms with Crippen molar-refractivity contribution >= 4 is 5.82 Å². The van der Waals surface area contributed by atoms with Crippen LogP contribution in [0.3, 0.4) is 0 Å². The lowest BCUT2D eigenvalue weighted by Crippen LogP contribution is -2.40. The Hall–Kier alpha value is -1.36. The summed E-state index contributed by atoms with van der Waals surface area (Å²) in [7, 11) is 0. The maximum absolute atomic E-state index is 12.0. The minimum Gasteiger partial charge on any atom is -0.364 e. The summed E-state index contributed by atoms with van der Waals surface area (Å²) in [6, 6.07) is 0.458. The van der Waals surface area contributed by atoms with Crippen molar-refractivity contribution < 1.29 is 0 Å². The molecular formula is C13H22N4O. The van der Waals surface area contributed by atoms with E-state index in [1.807, 2.05) is 0 Å². The maximum Gasteiger partial charge on any atom is 0.293 e. The minimum atomic E-state index is -0.0184. The van der Waals surface area contributed by atoms with Gasteiger partial charge in [0, 0.05) is 31.5 Å². The fourth-order valence-corrected chi connectivity index (χ4v) is 2.30. The normalized spacial score (nSPS) is 19.7. The van der Waals surface area contributed by atoms with Crippen LogP contribution >= 0.6 is 0 Å². The van der Waals surface area contributed by atoms with Crippen LogP contribution in [-0.4, -0.2) is 28.7 Å². The molecule has 1 saturated heterocycles. The zero-order chi connectivity index (χ0) is 12.8. The van der Waals surface area contributed by atoms with E-state index in [1.54, 1.807) is 17.0 Å². The number of nitrogens with zero attached hydrogens (tertiary/aromatic N) is 2. The van der Waals surface area contributed by atoms with E-state index in [4.69, 9.17) is 0 Å². The lowest BCUT2D eigenvalue weighted by molar-refractivity contribution is 0.413. The number of aromatic nitrogens is 2. The summed E-state index contributed by atoms with van der Waals surface area (Å²) in [5.41, 5.74) is -0.0184. The van der Waals surface area contributed by atoms with Gasteiger partial charge in [0.2, 0.25) is 0 Å². The summed E-state index contributed by atoms with van der Waals surface area (Å²) in [5, 5.41) is 6.62. The third kappa shape index (κ3) is 3.32. The number of piperidine rings is 1. The first-order chi connectivity index (χ1) is 8.81. The predicted octanol–water partition coefficient (Wildman–Crippen LogP) is 1.21. The number of aryl methyl sites for hydroxylation is 1. The quantitative estimate of drug-likeness (QED) is 0.824. The molecule has 1 atom stereocenters. The van der Waals surface area contributed by atoms with Crippen LogP contribution in [0.2, 0.25) is 0 Å². The van der Waals surface area contributed by atoms with Crippen LogP contribution in [0.1, 0.15) is 32.6 Å². The summed E-state index contributed by atoms with van der Waals surface area (Å²) in [6.45, 7) is 4.66. The van der Waals surface area contributed by atoms with Crippen LogP contribution in [0.25, 0.3) is 0 Å². The number of hydrogen-bond acceptors (Lipinski definition) is 4. The molecule has 1 unspecified atom stereocenters. The Labute approximate surface area is 108 Å². The molecule has 5 nitrogen and oxygen atoms in total. The van der Waals surface area contributed by atoms with Gasteiger partial charge in [-0.15, -0.1) is 0 Å². The highest BCUT2D eigenvalue weighted by molar-refractivity contribution is 5.31. The molecule has 2 rings (SSSR count). The monoisotopic (exact) mass is 250 g/mol. The van der Waals surface area contributed by atoms with E-state index in [9.17, 15) is 4.79 Å². The van der Waals surface area contributed by atoms with Gasteiger partial charge in [-0.2, -0.15) is 0 Å². The number of nitrogens with one attached hydrogen (secondary N) is 2. The Balaban J connectivity index is 1.96. The van der Waals surface area contributed by atoms with Crippen LogP contribution in [0.4, 0.5) is 5.82 Å². The van der Waals surface area contributed by atoms with Gasteiger partial charge in [0.25, 0.3) is 5.56 Å². The van der Waals surface area contributed by atoms with Crippen molar-refractivity contribution in [2.45, 2.75) is 45.2 Å². The van der Waals surface area contributed by atoms with E-state index in [1.165, 1.54) is 19.3 Å². The molecule has 1 aliphatic rings. The first kappa shape index (κ1) is 13.1. The van der Waals surface area contributed by atoms with Gasteiger partial charge in [-0.05, 0) is 25.8 Å². The first-order valence-electron chi connectivity index (χ1n) is 6.84. The van der Waals surface area contributed by atoms with Crippen LogP contribution < -0.4 is 16.2 Å². The Morgan fingerprint density at radius 1 is 1.56 bits per heavy atom. The predicted molar refractivity (Wildman–Crippen MR) is 72.9 cm³/mol. The number of anilines is 1.